The van der Waals surface area contributed by atoms with Crippen molar-refractivity contribution in [1.29, 1.82) is 0 Å². The normalized spacial score (nSPS) is 19.1. The minimum atomic E-state index is -0.0360. The summed E-state index contributed by atoms with van der Waals surface area (Å²) in [6.45, 7) is 3.24. The van der Waals surface area contributed by atoms with E-state index >= 15 is 0 Å². The predicted octanol–water partition coefficient (Wildman–Crippen LogP) is 3.39. The SMILES string of the molecule is CCC(CCl)(CCl)NCC1CCCC1. The van der Waals surface area contributed by atoms with Crippen LogP contribution in [0.2, 0.25) is 0 Å². The lowest BCUT2D eigenvalue weighted by Crippen LogP contribution is -2.49. The lowest BCUT2D eigenvalue weighted by Gasteiger charge is -2.31. The van der Waals surface area contributed by atoms with E-state index in [1.54, 1.807) is 0 Å². The molecule has 1 N–H and O–H groups in total. The van der Waals surface area contributed by atoms with Crippen LogP contribution in [0.25, 0.3) is 0 Å². The largest absolute Gasteiger partial charge is 0.309 e. The maximum atomic E-state index is 5.96. The van der Waals surface area contributed by atoms with Crippen LogP contribution < -0.4 is 5.32 Å². The first-order valence-corrected chi connectivity index (χ1v) is 6.70. The monoisotopic (exact) mass is 237 g/mol. The molecule has 0 amide bonds. The highest BCUT2D eigenvalue weighted by molar-refractivity contribution is 6.22. The second kappa shape index (κ2) is 6.19. The summed E-state index contributed by atoms with van der Waals surface area (Å²) in [5, 5.41) is 3.56. The van der Waals surface area contributed by atoms with Crippen molar-refractivity contribution in [2.45, 2.75) is 44.6 Å². The topological polar surface area (TPSA) is 12.0 Å². The first-order chi connectivity index (χ1) is 6.76. The molecule has 1 fully saturated rings. The second-order valence-electron chi connectivity index (χ2n) is 4.43. The molecule has 1 rings (SSSR count). The second-order valence-corrected chi connectivity index (χ2v) is 4.97. The molecule has 84 valence electrons. The Morgan fingerprint density at radius 3 is 2.21 bits per heavy atom. The number of nitrogens with one attached hydrogen (secondary N) is 1. The Labute approximate surface area is 97.5 Å². The first kappa shape index (κ1) is 12.6. The summed E-state index contributed by atoms with van der Waals surface area (Å²) in [7, 11) is 0. The van der Waals surface area contributed by atoms with Crippen LogP contribution in [0, 0.1) is 5.92 Å². The Morgan fingerprint density at radius 2 is 1.79 bits per heavy atom. The molecule has 0 unspecified atom stereocenters. The lowest BCUT2D eigenvalue weighted by molar-refractivity contribution is 0.347. The molecule has 0 saturated heterocycles. The van der Waals surface area contributed by atoms with Gasteiger partial charge in [0.1, 0.15) is 0 Å². The summed E-state index contributed by atoms with van der Waals surface area (Å²) in [5.74, 6) is 2.08. The smallest absolute Gasteiger partial charge is 0.0451 e. The van der Waals surface area contributed by atoms with Crippen molar-refractivity contribution in [3.8, 4) is 0 Å². The summed E-state index contributed by atoms with van der Waals surface area (Å²) < 4.78 is 0. The molecule has 0 aromatic rings. The van der Waals surface area contributed by atoms with Gasteiger partial charge in [-0.05, 0) is 31.7 Å². The lowest BCUT2D eigenvalue weighted by atomic mass is 9.99. The maximum absolute atomic E-state index is 5.96. The van der Waals surface area contributed by atoms with E-state index < -0.39 is 0 Å². The third-order valence-electron chi connectivity index (χ3n) is 3.43. The van der Waals surface area contributed by atoms with Gasteiger partial charge in [0.05, 0.1) is 0 Å². The van der Waals surface area contributed by atoms with Gasteiger partial charge in [-0.3, -0.25) is 0 Å². The van der Waals surface area contributed by atoms with Crippen molar-refractivity contribution in [1.82, 2.24) is 5.32 Å². The summed E-state index contributed by atoms with van der Waals surface area (Å²) >= 11 is 11.9. The number of rotatable bonds is 6. The molecule has 3 heteroatoms. The number of hydrogen-bond donors (Lipinski definition) is 1. The van der Waals surface area contributed by atoms with Gasteiger partial charge in [-0.25, -0.2) is 0 Å². The van der Waals surface area contributed by atoms with Crippen LogP contribution in [-0.4, -0.2) is 23.8 Å². The van der Waals surface area contributed by atoms with Crippen molar-refractivity contribution in [2.75, 3.05) is 18.3 Å². The fourth-order valence-electron chi connectivity index (χ4n) is 2.02. The van der Waals surface area contributed by atoms with Crippen molar-refractivity contribution < 1.29 is 0 Å². The fourth-order valence-corrected chi connectivity index (χ4v) is 2.87. The third-order valence-corrected chi connectivity index (χ3v) is 4.45. The quantitative estimate of drug-likeness (QED) is 0.699. The minimum absolute atomic E-state index is 0.0360. The van der Waals surface area contributed by atoms with E-state index in [4.69, 9.17) is 23.2 Å². The van der Waals surface area contributed by atoms with E-state index in [2.05, 4.69) is 12.2 Å². The standard InChI is InChI=1S/C11H21Cl2N/c1-2-11(8-12,9-13)14-7-10-5-3-4-6-10/h10,14H,2-9H2,1H3. The highest BCUT2D eigenvalue weighted by Gasteiger charge is 2.27. The summed E-state index contributed by atoms with van der Waals surface area (Å²) in [6.07, 6.45) is 6.54. The molecule has 1 nitrogen and oxygen atoms in total. The Morgan fingerprint density at radius 1 is 1.21 bits per heavy atom. The fraction of sp³-hybridized carbons (Fsp3) is 1.00. The van der Waals surface area contributed by atoms with Crippen molar-refractivity contribution in [3.05, 3.63) is 0 Å². The molecular weight excluding hydrogens is 217 g/mol. The van der Waals surface area contributed by atoms with E-state index in [1.807, 2.05) is 0 Å². The molecule has 0 aliphatic heterocycles. The number of hydrogen-bond acceptors (Lipinski definition) is 1. The molecule has 0 aromatic carbocycles. The molecule has 0 heterocycles. The zero-order valence-corrected chi connectivity index (χ0v) is 10.5. The summed E-state index contributed by atoms with van der Waals surface area (Å²) in [6, 6.07) is 0. The molecule has 0 atom stereocenters. The molecule has 14 heavy (non-hydrogen) atoms. The van der Waals surface area contributed by atoms with E-state index in [0.717, 1.165) is 18.9 Å². The molecular formula is C11H21Cl2N. The zero-order chi connectivity index (χ0) is 10.4. The molecule has 0 bridgehead atoms. The Bertz CT molecular complexity index is 143. The van der Waals surface area contributed by atoms with Gasteiger partial charge >= 0.3 is 0 Å². The Kier molecular flexibility index (Phi) is 5.58. The van der Waals surface area contributed by atoms with Crippen LogP contribution in [0.15, 0.2) is 0 Å². The van der Waals surface area contributed by atoms with Gasteiger partial charge < -0.3 is 5.32 Å². The molecule has 1 saturated carbocycles. The predicted molar refractivity (Wildman–Crippen MR) is 64.4 cm³/mol. The Hall–Kier alpha value is 0.540. The van der Waals surface area contributed by atoms with E-state index in [0.29, 0.717) is 11.8 Å². The molecule has 0 radical (unpaired) electrons. The van der Waals surface area contributed by atoms with Crippen molar-refractivity contribution in [3.63, 3.8) is 0 Å². The average Bonchev–Trinajstić information content (AvgIpc) is 2.74. The molecule has 1 aliphatic rings. The van der Waals surface area contributed by atoms with Crippen LogP contribution in [0.5, 0.6) is 0 Å². The highest BCUT2D eigenvalue weighted by atomic mass is 35.5. The van der Waals surface area contributed by atoms with Crippen LogP contribution in [0.3, 0.4) is 0 Å². The van der Waals surface area contributed by atoms with Crippen LogP contribution in [-0.2, 0) is 0 Å². The van der Waals surface area contributed by atoms with Crippen LogP contribution in [0.1, 0.15) is 39.0 Å². The zero-order valence-electron chi connectivity index (χ0n) is 8.99. The molecule has 0 aromatic heterocycles. The van der Waals surface area contributed by atoms with Gasteiger partial charge in [0, 0.05) is 17.3 Å². The maximum Gasteiger partial charge on any atom is 0.0451 e. The van der Waals surface area contributed by atoms with Gasteiger partial charge in [-0.2, -0.15) is 0 Å². The van der Waals surface area contributed by atoms with Gasteiger partial charge in [0.15, 0.2) is 0 Å². The third kappa shape index (κ3) is 3.29. The highest BCUT2D eigenvalue weighted by Crippen LogP contribution is 2.25. The summed E-state index contributed by atoms with van der Waals surface area (Å²) in [5.41, 5.74) is -0.0360. The Balaban J connectivity index is 2.31. The van der Waals surface area contributed by atoms with Gasteiger partial charge in [-0.1, -0.05) is 19.8 Å². The first-order valence-electron chi connectivity index (χ1n) is 5.63. The van der Waals surface area contributed by atoms with Crippen molar-refractivity contribution in [2.24, 2.45) is 5.92 Å². The van der Waals surface area contributed by atoms with Crippen LogP contribution in [0.4, 0.5) is 0 Å². The number of alkyl halides is 2. The number of halogens is 2. The van der Waals surface area contributed by atoms with E-state index in [-0.39, 0.29) is 5.54 Å². The molecule has 0 spiro atoms. The van der Waals surface area contributed by atoms with Crippen LogP contribution >= 0.6 is 23.2 Å². The minimum Gasteiger partial charge on any atom is -0.309 e. The van der Waals surface area contributed by atoms with E-state index in [9.17, 15) is 0 Å². The molecule has 1 aliphatic carbocycles. The van der Waals surface area contributed by atoms with Gasteiger partial charge in [-0.15, -0.1) is 23.2 Å². The summed E-state index contributed by atoms with van der Waals surface area (Å²) in [4.78, 5) is 0. The average molecular weight is 238 g/mol. The van der Waals surface area contributed by atoms with Gasteiger partial charge in [0.2, 0.25) is 0 Å². The van der Waals surface area contributed by atoms with Gasteiger partial charge in [0.25, 0.3) is 0 Å². The van der Waals surface area contributed by atoms with E-state index in [1.165, 1.54) is 25.7 Å². The van der Waals surface area contributed by atoms with Crippen molar-refractivity contribution >= 4 is 23.2 Å².